The third kappa shape index (κ3) is 4.64. The molecular weight excluding hydrogens is 262 g/mol. The monoisotopic (exact) mass is 285 g/mol. The summed E-state index contributed by atoms with van der Waals surface area (Å²) < 4.78 is 22.6. The fourth-order valence-electron chi connectivity index (χ4n) is 2.77. The molecule has 19 heavy (non-hydrogen) atoms. The molecule has 0 saturated carbocycles. The number of carbonyl (C=O) groups is 1. The quantitative estimate of drug-likeness (QED) is 0.801. The lowest BCUT2D eigenvalue weighted by atomic mass is 9.97. The Morgan fingerprint density at radius 3 is 2.63 bits per heavy atom. The van der Waals surface area contributed by atoms with Crippen LogP contribution in [0.4, 0.5) is 0 Å². The molecule has 1 fully saturated rings. The Bertz CT molecular complexity index is 439. The molecule has 1 heterocycles. The smallest absolute Gasteiger partial charge is 0.223 e. The molecule has 1 N–H and O–H groups in total. The molecule has 1 saturated heterocycles. The Morgan fingerprint density at radius 1 is 1.26 bits per heavy atom. The number of hydrogen-bond donors (Lipinski definition) is 1. The van der Waals surface area contributed by atoms with Gasteiger partial charge in [-0.2, -0.15) is 0 Å². The summed E-state index contributed by atoms with van der Waals surface area (Å²) in [5.74, 6) is 0.252. The number of carbonyl (C=O) groups excluding carboxylic acids is 1. The molecule has 1 aliphatic heterocycles. The van der Waals surface area contributed by atoms with E-state index in [4.69, 9.17) is 0 Å². The van der Waals surface area contributed by atoms with Gasteiger partial charge in [0.15, 0.2) is 0 Å². The van der Waals surface area contributed by atoms with Crippen molar-refractivity contribution < 1.29 is 13.2 Å². The van der Waals surface area contributed by atoms with Gasteiger partial charge in [-0.25, -0.2) is 8.42 Å². The SMILES string of the molecule is O=C(NCCC1=CCCCC1)C1CCS(=O)(=O)CC1. The van der Waals surface area contributed by atoms with Gasteiger partial charge in [0.2, 0.25) is 5.91 Å². The van der Waals surface area contributed by atoms with Crippen LogP contribution in [-0.2, 0) is 14.6 Å². The van der Waals surface area contributed by atoms with Gasteiger partial charge in [-0.05, 0) is 44.9 Å². The first-order valence-corrected chi connectivity index (χ1v) is 9.05. The zero-order valence-electron chi connectivity index (χ0n) is 11.4. The van der Waals surface area contributed by atoms with Crippen LogP contribution in [0.15, 0.2) is 11.6 Å². The van der Waals surface area contributed by atoms with Crippen molar-refractivity contribution in [1.82, 2.24) is 5.32 Å². The fraction of sp³-hybridized carbons (Fsp3) is 0.786. The van der Waals surface area contributed by atoms with Crippen molar-refractivity contribution >= 4 is 15.7 Å². The van der Waals surface area contributed by atoms with Crippen molar-refractivity contribution in [2.45, 2.75) is 44.9 Å². The topological polar surface area (TPSA) is 63.2 Å². The molecule has 1 aliphatic carbocycles. The Kier molecular flexibility index (Phi) is 5.02. The Morgan fingerprint density at radius 2 is 2.00 bits per heavy atom. The highest BCUT2D eigenvalue weighted by molar-refractivity contribution is 7.91. The number of allylic oxidation sites excluding steroid dienone is 1. The highest BCUT2D eigenvalue weighted by Gasteiger charge is 2.28. The standard InChI is InChI=1S/C14H23NO3S/c16-14(13-7-10-19(17,18)11-8-13)15-9-6-12-4-2-1-3-5-12/h4,13H,1-3,5-11H2,(H,15,16). The van der Waals surface area contributed by atoms with Gasteiger partial charge in [-0.1, -0.05) is 11.6 Å². The highest BCUT2D eigenvalue weighted by atomic mass is 32.2. The van der Waals surface area contributed by atoms with E-state index >= 15 is 0 Å². The third-order valence-electron chi connectivity index (χ3n) is 4.06. The summed E-state index contributed by atoms with van der Waals surface area (Å²) in [5, 5.41) is 2.95. The summed E-state index contributed by atoms with van der Waals surface area (Å²) in [6, 6.07) is 0. The van der Waals surface area contributed by atoms with Crippen LogP contribution in [0, 0.1) is 5.92 Å². The van der Waals surface area contributed by atoms with E-state index in [1.807, 2.05) is 0 Å². The molecule has 5 heteroatoms. The second-order valence-electron chi connectivity index (χ2n) is 5.58. The Balaban J connectivity index is 1.68. The van der Waals surface area contributed by atoms with E-state index in [0.717, 1.165) is 12.8 Å². The first kappa shape index (κ1) is 14.6. The largest absolute Gasteiger partial charge is 0.356 e. The van der Waals surface area contributed by atoms with E-state index in [1.54, 1.807) is 0 Å². The van der Waals surface area contributed by atoms with Gasteiger partial charge >= 0.3 is 0 Å². The molecule has 108 valence electrons. The molecule has 2 rings (SSSR count). The molecule has 0 aromatic carbocycles. The number of sulfone groups is 1. The minimum absolute atomic E-state index is 0.0336. The maximum atomic E-state index is 11.9. The molecule has 0 aromatic heterocycles. The minimum Gasteiger partial charge on any atom is -0.356 e. The van der Waals surface area contributed by atoms with Crippen LogP contribution in [0.1, 0.15) is 44.9 Å². The summed E-state index contributed by atoms with van der Waals surface area (Å²) in [6.45, 7) is 0.688. The fourth-order valence-corrected chi connectivity index (χ4v) is 4.27. The maximum Gasteiger partial charge on any atom is 0.223 e. The van der Waals surface area contributed by atoms with E-state index < -0.39 is 9.84 Å². The van der Waals surface area contributed by atoms with E-state index in [2.05, 4.69) is 11.4 Å². The van der Waals surface area contributed by atoms with E-state index in [0.29, 0.717) is 19.4 Å². The minimum atomic E-state index is -2.88. The van der Waals surface area contributed by atoms with Crippen molar-refractivity contribution in [2.75, 3.05) is 18.1 Å². The lowest BCUT2D eigenvalue weighted by molar-refractivity contribution is -0.125. The van der Waals surface area contributed by atoms with Gasteiger partial charge in [-0.3, -0.25) is 4.79 Å². The van der Waals surface area contributed by atoms with Gasteiger partial charge in [-0.15, -0.1) is 0 Å². The highest BCUT2D eigenvalue weighted by Crippen LogP contribution is 2.20. The van der Waals surface area contributed by atoms with Crippen molar-refractivity contribution in [3.05, 3.63) is 11.6 Å². The van der Waals surface area contributed by atoms with E-state index in [9.17, 15) is 13.2 Å². The molecule has 1 amide bonds. The summed E-state index contributed by atoms with van der Waals surface area (Å²) in [6.07, 6.45) is 9.08. The Hall–Kier alpha value is -0.840. The van der Waals surface area contributed by atoms with Gasteiger partial charge in [0, 0.05) is 12.5 Å². The third-order valence-corrected chi connectivity index (χ3v) is 5.77. The first-order chi connectivity index (χ1) is 9.07. The normalized spacial score (nSPS) is 23.7. The number of hydrogen-bond acceptors (Lipinski definition) is 3. The van der Waals surface area contributed by atoms with Crippen LogP contribution in [-0.4, -0.2) is 32.4 Å². The Labute approximate surface area is 115 Å². The lowest BCUT2D eigenvalue weighted by Gasteiger charge is -2.21. The molecule has 0 radical (unpaired) electrons. The lowest BCUT2D eigenvalue weighted by Crippen LogP contribution is -2.36. The predicted octanol–water partition coefficient (Wildman–Crippen LogP) is 1.82. The molecule has 2 aliphatic rings. The average molecular weight is 285 g/mol. The molecule has 0 spiro atoms. The molecule has 0 bridgehead atoms. The molecule has 0 aromatic rings. The van der Waals surface area contributed by atoms with Crippen LogP contribution in [0.2, 0.25) is 0 Å². The van der Waals surface area contributed by atoms with Crippen molar-refractivity contribution in [3.63, 3.8) is 0 Å². The van der Waals surface area contributed by atoms with Crippen LogP contribution < -0.4 is 5.32 Å². The predicted molar refractivity (Wildman–Crippen MR) is 75.6 cm³/mol. The summed E-state index contributed by atoms with van der Waals surface area (Å²) in [4.78, 5) is 11.9. The van der Waals surface area contributed by atoms with Gasteiger partial charge < -0.3 is 5.32 Å². The number of rotatable bonds is 4. The van der Waals surface area contributed by atoms with Crippen molar-refractivity contribution in [1.29, 1.82) is 0 Å². The summed E-state index contributed by atoms with van der Waals surface area (Å²) >= 11 is 0. The van der Waals surface area contributed by atoms with Crippen LogP contribution in [0.5, 0.6) is 0 Å². The van der Waals surface area contributed by atoms with Crippen molar-refractivity contribution in [3.8, 4) is 0 Å². The second-order valence-corrected chi connectivity index (χ2v) is 7.88. The van der Waals surface area contributed by atoms with E-state index in [-0.39, 0.29) is 23.3 Å². The zero-order valence-corrected chi connectivity index (χ0v) is 12.2. The summed E-state index contributed by atoms with van der Waals surface area (Å²) in [5.41, 5.74) is 1.46. The molecule has 0 unspecified atom stereocenters. The first-order valence-electron chi connectivity index (χ1n) is 7.23. The number of nitrogens with one attached hydrogen (secondary N) is 1. The van der Waals surface area contributed by atoms with Crippen LogP contribution in [0.25, 0.3) is 0 Å². The van der Waals surface area contributed by atoms with Crippen LogP contribution in [0.3, 0.4) is 0 Å². The molecular formula is C14H23NO3S. The molecule has 0 atom stereocenters. The zero-order chi connectivity index (χ0) is 13.7. The van der Waals surface area contributed by atoms with Crippen molar-refractivity contribution in [2.24, 2.45) is 5.92 Å². The van der Waals surface area contributed by atoms with Gasteiger partial charge in [0.05, 0.1) is 11.5 Å². The maximum absolute atomic E-state index is 11.9. The van der Waals surface area contributed by atoms with E-state index in [1.165, 1.54) is 24.8 Å². The van der Waals surface area contributed by atoms with Gasteiger partial charge in [0.25, 0.3) is 0 Å². The summed E-state index contributed by atoms with van der Waals surface area (Å²) in [7, 11) is -2.88. The average Bonchev–Trinajstić information content (AvgIpc) is 2.39. The van der Waals surface area contributed by atoms with Crippen LogP contribution >= 0.6 is 0 Å². The number of amides is 1. The second kappa shape index (κ2) is 6.55. The molecule has 4 nitrogen and oxygen atoms in total. The van der Waals surface area contributed by atoms with Gasteiger partial charge in [0.1, 0.15) is 9.84 Å².